The van der Waals surface area contributed by atoms with Gasteiger partial charge in [0, 0.05) is 50.1 Å². The van der Waals surface area contributed by atoms with Crippen LogP contribution in [0.25, 0.3) is 0 Å². The number of nitrogens with zero attached hydrogens (tertiary/aromatic N) is 5. The number of amides is 1. The summed E-state index contributed by atoms with van der Waals surface area (Å²) >= 11 is 0. The third-order valence-electron chi connectivity index (χ3n) is 4.66. The van der Waals surface area contributed by atoms with E-state index in [-0.39, 0.29) is 11.8 Å². The first kappa shape index (κ1) is 15.6. The fourth-order valence-electron chi connectivity index (χ4n) is 3.05. The van der Waals surface area contributed by atoms with Crippen LogP contribution in [0.3, 0.4) is 0 Å². The molecule has 1 saturated heterocycles. The fraction of sp³-hybridized carbons (Fsp3) is 0.529. The lowest BCUT2D eigenvalue weighted by molar-refractivity contribution is -0.130. The van der Waals surface area contributed by atoms with E-state index in [1.165, 1.54) is 0 Å². The second kappa shape index (κ2) is 6.48. The molecule has 1 amide bonds. The Labute approximate surface area is 136 Å². The molecule has 6 heteroatoms. The summed E-state index contributed by atoms with van der Waals surface area (Å²) in [7, 11) is 1.92. The zero-order valence-electron chi connectivity index (χ0n) is 14.0. The maximum atomic E-state index is 12.4. The van der Waals surface area contributed by atoms with Gasteiger partial charge >= 0.3 is 0 Å². The van der Waals surface area contributed by atoms with Crippen LogP contribution in [-0.4, -0.2) is 43.6 Å². The Balaban J connectivity index is 1.56. The zero-order chi connectivity index (χ0) is 16.4. The van der Waals surface area contributed by atoms with Crippen molar-refractivity contribution in [3.05, 3.63) is 41.2 Å². The molecular weight excluding hydrogens is 290 g/mol. The summed E-state index contributed by atoms with van der Waals surface area (Å²) < 4.78 is 1.85. The maximum Gasteiger partial charge on any atom is 0.222 e. The van der Waals surface area contributed by atoms with E-state index >= 15 is 0 Å². The molecule has 2 aromatic heterocycles. The van der Waals surface area contributed by atoms with Crippen molar-refractivity contribution < 1.29 is 4.79 Å². The summed E-state index contributed by atoms with van der Waals surface area (Å²) in [5, 5.41) is 4.23. The maximum absolute atomic E-state index is 12.4. The Morgan fingerprint density at radius 3 is 2.91 bits per heavy atom. The van der Waals surface area contributed by atoms with Crippen LogP contribution in [0.5, 0.6) is 0 Å². The van der Waals surface area contributed by atoms with Crippen LogP contribution in [0, 0.1) is 13.8 Å². The minimum absolute atomic E-state index is 0.211. The number of hydrogen-bond acceptors (Lipinski definition) is 4. The molecule has 0 bridgehead atoms. The smallest absolute Gasteiger partial charge is 0.222 e. The topological polar surface area (TPSA) is 63.9 Å². The van der Waals surface area contributed by atoms with Gasteiger partial charge in [0.2, 0.25) is 5.91 Å². The third kappa shape index (κ3) is 3.41. The number of carbonyl (C=O) groups excluding carboxylic acids is 1. The predicted octanol–water partition coefficient (Wildman–Crippen LogP) is 1.78. The molecule has 1 atom stereocenters. The Bertz CT molecular complexity index is 709. The minimum atomic E-state index is 0.211. The van der Waals surface area contributed by atoms with Crippen LogP contribution in [0.4, 0.5) is 0 Å². The SMILES string of the molecule is Cc1ccnc(C2CCN(C(=O)CCc3cnn(C)c3C)C2)n1. The molecule has 6 nitrogen and oxygen atoms in total. The molecule has 1 aliphatic heterocycles. The molecule has 1 fully saturated rings. The highest BCUT2D eigenvalue weighted by molar-refractivity contribution is 5.76. The fourth-order valence-corrected chi connectivity index (χ4v) is 3.05. The van der Waals surface area contributed by atoms with Crippen molar-refractivity contribution in [1.82, 2.24) is 24.6 Å². The van der Waals surface area contributed by atoms with E-state index in [1.54, 1.807) is 6.20 Å². The van der Waals surface area contributed by atoms with Gasteiger partial charge in [-0.1, -0.05) is 0 Å². The summed E-state index contributed by atoms with van der Waals surface area (Å²) in [6, 6.07) is 1.90. The van der Waals surface area contributed by atoms with Crippen molar-refractivity contribution >= 4 is 5.91 Å². The van der Waals surface area contributed by atoms with Gasteiger partial charge in [-0.15, -0.1) is 0 Å². The van der Waals surface area contributed by atoms with Crippen LogP contribution in [0.1, 0.15) is 41.5 Å². The molecule has 122 valence electrons. The van der Waals surface area contributed by atoms with E-state index in [9.17, 15) is 4.79 Å². The summed E-state index contributed by atoms with van der Waals surface area (Å²) in [4.78, 5) is 23.2. The molecular formula is C17H23N5O. The summed E-state index contributed by atoms with van der Waals surface area (Å²) in [5.74, 6) is 1.34. The van der Waals surface area contributed by atoms with E-state index in [0.29, 0.717) is 6.42 Å². The Morgan fingerprint density at radius 2 is 2.22 bits per heavy atom. The van der Waals surface area contributed by atoms with Crippen molar-refractivity contribution in [2.75, 3.05) is 13.1 Å². The van der Waals surface area contributed by atoms with Crippen LogP contribution in [0.15, 0.2) is 18.5 Å². The number of hydrogen-bond donors (Lipinski definition) is 0. The summed E-state index contributed by atoms with van der Waals surface area (Å²) in [6.45, 7) is 5.54. The van der Waals surface area contributed by atoms with E-state index in [2.05, 4.69) is 15.1 Å². The lowest BCUT2D eigenvalue weighted by Crippen LogP contribution is -2.28. The average molecular weight is 313 g/mol. The Morgan fingerprint density at radius 1 is 1.39 bits per heavy atom. The monoisotopic (exact) mass is 313 g/mol. The molecule has 0 radical (unpaired) electrons. The standard InChI is InChI=1S/C17H23N5O/c1-12-6-8-18-17(20-12)15-7-9-22(11-15)16(23)5-4-14-10-19-21(3)13(14)2/h6,8,10,15H,4-5,7,9,11H2,1-3H3. The largest absolute Gasteiger partial charge is 0.342 e. The predicted molar refractivity (Wildman–Crippen MR) is 87.0 cm³/mol. The van der Waals surface area contributed by atoms with Crippen molar-refractivity contribution in [2.24, 2.45) is 7.05 Å². The van der Waals surface area contributed by atoms with Crippen LogP contribution < -0.4 is 0 Å². The van der Waals surface area contributed by atoms with Gasteiger partial charge in [-0.05, 0) is 38.3 Å². The molecule has 3 heterocycles. The highest BCUT2D eigenvalue weighted by Gasteiger charge is 2.28. The quantitative estimate of drug-likeness (QED) is 0.863. The Kier molecular flexibility index (Phi) is 4.41. The molecule has 0 aromatic carbocycles. The van der Waals surface area contributed by atoms with Gasteiger partial charge in [-0.2, -0.15) is 5.10 Å². The van der Waals surface area contributed by atoms with Gasteiger partial charge in [0.05, 0.1) is 6.20 Å². The third-order valence-corrected chi connectivity index (χ3v) is 4.66. The summed E-state index contributed by atoms with van der Waals surface area (Å²) in [6.07, 6.45) is 5.89. The first-order valence-corrected chi connectivity index (χ1v) is 8.09. The van der Waals surface area contributed by atoms with Gasteiger partial charge in [0.25, 0.3) is 0 Å². The number of likely N-dealkylation sites (tertiary alicyclic amines) is 1. The molecule has 0 saturated carbocycles. The van der Waals surface area contributed by atoms with E-state index in [0.717, 1.165) is 48.7 Å². The second-order valence-electron chi connectivity index (χ2n) is 6.26. The summed E-state index contributed by atoms with van der Waals surface area (Å²) in [5.41, 5.74) is 3.26. The Hall–Kier alpha value is -2.24. The normalized spacial score (nSPS) is 17.7. The van der Waals surface area contributed by atoms with E-state index in [1.807, 2.05) is 42.7 Å². The highest BCUT2D eigenvalue weighted by Crippen LogP contribution is 2.25. The molecule has 3 rings (SSSR count). The van der Waals surface area contributed by atoms with Crippen LogP contribution in [0.2, 0.25) is 0 Å². The van der Waals surface area contributed by atoms with E-state index < -0.39 is 0 Å². The average Bonchev–Trinajstić information content (AvgIpc) is 3.14. The van der Waals surface area contributed by atoms with Gasteiger partial charge in [-0.25, -0.2) is 9.97 Å². The van der Waals surface area contributed by atoms with Crippen molar-refractivity contribution in [3.8, 4) is 0 Å². The lowest BCUT2D eigenvalue weighted by atomic mass is 10.1. The van der Waals surface area contributed by atoms with Crippen molar-refractivity contribution in [3.63, 3.8) is 0 Å². The molecule has 0 spiro atoms. The van der Waals surface area contributed by atoms with Gasteiger partial charge in [-0.3, -0.25) is 9.48 Å². The lowest BCUT2D eigenvalue weighted by Gasteiger charge is -2.16. The zero-order valence-corrected chi connectivity index (χ0v) is 14.0. The molecule has 2 aromatic rings. The van der Waals surface area contributed by atoms with Crippen LogP contribution >= 0.6 is 0 Å². The van der Waals surface area contributed by atoms with Gasteiger partial charge in [0.1, 0.15) is 5.82 Å². The molecule has 0 N–H and O–H groups in total. The van der Waals surface area contributed by atoms with Crippen LogP contribution in [-0.2, 0) is 18.3 Å². The molecule has 23 heavy (non-hydrogen) atoms. The molecule has 0 aliphatic carbocycles. The van der Waals surface area contributed by atoms with Crippen molar-refractivity contribution in [1.29, 1.82) is 0 Å². The molecule has 1 aliphatic rings. The number of carbonyl (C=O) groups is 1. The highest BCUT2D eigenvalue weighted by atomic mass is 16.2. The number of aryl methyl sites for hydroxylation is 3. The first-order valence-electron chi connectivity index (χ1n) is 8.09. The first-order chi connectivity index (χ1) is 11.0. The number of aromatic nitrogens is 4. The van der Waals surface area contributed by atoms with Crippen molar-refractivity contribution in [2.45, 2.75) is 39.0 Å². The van der Waals surface area contributed by atoms with E-state index in [4.69, 9.17) is 0 Å². The molecule has 1 unspecified atom stereocenters. The van der Waals surface area contributed by atoms with Gasteiger partial charge in [0.15, 0.2) is 0 Å². The minimum Gasteiger partial charge on any atom is -0.342 e. The van der Waals surface area contributed by atoms with Gasteiger partial charge < -0.3 is 4.90 Å². The number of rotatable bonds is 4. The second-order valence-corrected chi connectivity index (χ2v) is 6.26.